The number of carbonyl (C=O) groups excluding carboxylic acids is 2. The van der Waals surface area contributed by atoms with Crippen LogP contribution in [0.2, 0.25) is 0 Å². The number of aromatic nitrogens is 1. The van der Waals surface area contributed by atoms with Crippen molar-refractivity contribution in [3.8, 4) is 5.75 Å². The normalized spacial score (nSPS) is 10.9. The Morgan fingerprint density at radius 2 is 2.07 bits per heavy atom. The summed E-state index contributed by atoms with van der Waals surface area (Å²) in [5, 5.41) is 0. The van der Waals surface area contributed by atoms with E-state index in [1.807, 2.05) is 0 Å². The van der Waals surface area contributed by atoms with E-state index >= 15 is 0 Å². The molecule has 0 atom stereocenters. The molecule has 1 rings (SSSR count). The second-order valence-corrected chi connectivity index (χ2v) is 4.18. The number of carbonyl (C=O) groups is 2. The standard InChI is InChI=1S/C11H13NO3/c1-11(2,3)10(14)15-9-5-4-8(7-13)12-6-9/h4-7H,1-3H3. The Labute approximate surface area is 88.3 Å². The Morgan fingerprint density at radius 3 is 2.47 bits per heavy atom. The van der Waals surface area contributed by atoms with Gasteiger partial charge in [-0.3, -0.25) is 9.59 Å². The molecule has 0 unspecified atom stereocenters. The van der Waals surface area contributed by atoms with Crippen LogP contribution < -0.4 is 4.74 Å². The highest BCUT2D eigenvalue weighted by atomic mass is 16.5. The molecule has 0 aromatic carbocycles. The molecule has 4 heteroatoms. The number of hydrogen-bond acceptors (Lipinski definition) is 4. The van der Waals surface area contributed by atoms with Gasteiger partial charge in [-0.05, 0) is 32.9 Å². The first-order valence-corrected chi connectivity index (χ1v) is 4.57. The molecule has 0 spiro atoms. The van der Waals surface area contributed by atoms with Crippen molar-refractivity contribution in [3.05, 3.63) is 24.0 Å². The van der Waals surface area contributed by atoms with E-state index in [2.05, 4.69) is 4.98 Å². The maximum absolute atomic E-state index is 11.5. The third-order valence-corrected chi connectivity index (χ3v) is 1.70. The van der Waals surface area contributed by atoms with E-state index in [4.69, 9.17) is 4.74 Å². The van der Waals surface area contributed by atoms with E-state index in [-0.39, 0.29) is 5.97 Å². The molecule has 0 N–H and O–H groups in total. The molecule has 0 amide bonds. The van der Waals surface area contributed by atoms with Crippen LogP contribution in [-0.2, 0) is 4.79 Å². The third kappa shape index (κ3) is 3.16. The Kier molecular flexibility index (Phi) is 3.19. The summed E-state index contributed by atoms with van der Waals surface area (Å²) in [5.41, 5.74) is -0.242. The van der Waals surface area contributed by atoms with Gasteiger partial charge in [-0.2, -0.15) is 0 Å². The minimum atomic E-state index is -0.552. The van der Waals surface area contributed by atoms with Gasteiger partial charge in [0.1, 0.15) is 11.4 Å². The van der Waals surface area contributed by atoms with Crippen molar-refractivity contribution >= 4 is 12.3 Å². The predicted octanol–water partition coefficient (Wildman–Crippen LogP) is 1.85. The smallest absolute Gasteiger partial charge is 0.316 e. The van der Waals surface area contributed by atoms with Gasteiger partial charge in [0.2, 0.25) is 0 Å². The van der Waals surface area contributed by atoms with Crippen LogP contribution in [0.1, 0.15) is 31.3 Å². The minimum absolute atomic E-state index is 0.311. The molecule has 0 aliphatic rings. The van der Waals surface area contributed by atoms with Crippen LogP contribution in [0, 0.1) is 5.41 Å². The van der Waals surface area contributed by atoms with Gasteiger partial charge in [0.25, 0.3) is 0 Å². The molecule has 1 heterocycles. The Hall–Kier alpha value is -1.71. The molecule has 0 aliphatic heterocycles. The molecular formula is C11H13NO3. The minimum Gasteiger partial charge on any atom is -0.424 e. The van der Waals surface area contributed by atoms with Crippen LogP contribution >= 0.6 is 0 Å². The lowest BCUT2D eigenvalue weighted by Gasteiger charge is -2.15. The quantitative estimate of drug-likeness (QED) is 0.548. The molecule has 4 nitrogen and oxygen atoms in total. The molecule has 0 saturated carbocycles. The SMILES string of the molecule is CC(C)(C)C(=O)Oc1ccc(C=O)nc1. The summed E-state index contributed by atoms with van der Waals surface area (Å²) < 4.78 is 5.06. The van der Waals surface area contributed by atoms with Gasteiger partial charge in [0, 0.05) is 0 Å². The van der Waals surface area contributed by atoms with Crippen LogP contribution in [0.3, 0.4) is 0 Å². The first-order valence-electron chi connectivity index (χ1n) is 4.57. The summed E-state index contributed by atoms with van der Waals surface area (Å²) in [6.07, 6.45) is 1.99. The van der Waals surface area contributed by atoms with Gasteiger partial charge in [0.15, 0.2) is 6.29 Å². The monoisotopic (exact) mass is 207 g/mol. The van der Waals surface area contributed by atoms with Crippen molar-refractivity contribution in [2.75, 3.05) is 0 Å². The van der Waals surface area contributed by atoms with Gasteiger partial charge < -0.3 is 4.74 Å². The zero-order chi connectivity index (χ0) is 11.5. The molecule has 0 radical (unpaired) electrons. The van der Waals surface area contributed by atoms with Crippen LogP contribution in [0.15, 0.2) is 18.3 Å². The van der Waals surface area contributed by atoms with Crippen LogP contribution in [0.25, 0.3) is 0 Å². The van der Waals surface area contributed by atoms with Gasteiger partial charge in [-0.1, -0.05) is 0 Å². The van der Waals surface area contributed by atoms with E-state index < -0.39 is 5.41 Å². The highest BCUT2D eigenvalue weighted by Crippen LogP contribution is 2.18. The fourth-order valence-corrected chi connectivity index (χ4v) is 0.782. The van der Waals surface area contributed by atoms with E-state index in [1.54, 1.807) is 26.8 Å². The molecule has 0 aliphatic carbocycles. The highest BCUT2D eigenvalue weighted by molar-refractivity contribution is 5.78. The van der Waals surface area contributed by atoms with Crippen molar-refractivity contribution in [2.45, 2.75) is 20.8 Å². The van der Waals surface area contributed by atoms with Crippen LogP contribution in [0.4, 0.5) is 0 Å². The zero-order valence-corrected chi connectivity index (χ0v) is 8.98. The van der Waals surface area contributed by atoms with Crippen molar-refractivity contribution in [1.29, 1.82) is 0 Å². The largest absolute Gasteiger partial charge is 0.424 e. The Morgan fingerprint density at radius 1 is 1.40 bits per heavy atom. The lowest BCUT2D eigenvalue weighted by Crippen LogP contribution is -2.25. The first-order chi connectivity index (χ1) is 6.93. The van der Waals surface area contributed by atoms with Gasteiger partial charge >= 0.3 is 5.97 Å². The molecule has 0 fully saturated rings. The zero-order valence-electron chi connectivity index (χ0n) is 8.98. The first kappa shape index (κ1) is 11.4. The average Bonchev–Trinajstić information content (AvgIpc) is 2.17. The number of aldehydes is 1. The molecule has 80 valence electrons. The van der Waals surface area contributed by atoms with Gasteiger partial charge in [-0.15, -0.1) is 0 Å². The topological polar surface area (TPSA) is 56.3 Å². The number of rotatable bonds is 2. The number of nitrogens with zero attached hydrogens (tertiary/aromatic N) is 1. The maximum atomic E-state index is 11.5. The Bertz CT molecular complexity index is 362. The second kappa shape index (κ2) is 4.21. The molecular weight excluding hydrogens is 194 g/mol. The van der Waals surface area contributed by atoms with Gasteiger partial charge in [-0.25, -0.2) is 4.98 Å². The third-order valence-electron chi connectivity index (χ3n) is 1.70. The van der Waals surface area contributed by atoms with E-state index in [9.17, 15) is 9.59 Å². The number of pyridine rings is 1. The summed E-state index contributed by atoms with van der Waals surface area (Å²) in [6.45, 7) is 5.30. The number of hydrogen-bond donors (Lipinski definition) is 0. The van der Waals surface area contributed by atoms with Crippen molar-refractivity contribution in [1.82, 2.24) is 4.98 Å². The van der Waals surface area contributed by atoms with E-state index in [0.717, 1.165) is 0 Å². The van der Waals surface area contributed by atoms with Crippen LogP contribution in [0.5, 0.6) is 5.75 Å². The van der Waals surface area contributed by atoms with Crippen LogP contribution in [-0.4, -0.2) is 17.2 Å². The molecule has 1 aromatic rings. The molecule has 0 bridgehead atoms. The summed E-state index contributed by atoms with van der Waals surface area (Å²) >= 11 is 0. The predicted molar refractivity (Wildman–Crippen MR) is 54.7 cm³/mol. The summed E-state index contributed by atoms with van der Waals surface area (Å²) in [7, 11) is 0. The summed E-state index contributed by atoms with van der Waals surface area (Å²) in [4.78, 5) is 25.6. The fourth-order valence-electron chi connectivity index (χ4n) is 0.782. The Balaban J connectivity index is 2.74. The average molecular weight is 207 g/mol. The molecule has 1 aromatic heterocycles. The van der Waals surface area contributed by atoms with Crippen molar-refractivity contribution in [3.63, 3.8) is 0 Å². The summed E-state index contributed by atoms with van der Waals surface area (Å²) in [6, 6.07) is 3.04. The second-order valence-electron chi connectivity index (χ2n) is 4.18. The number of ether oxygens (including phenoxy) is 1. The van der Waals surface area contributed by atoms with Crippen molar-refractivity contribution < 1.29 is 14.3 Å². The molecule has 0 saturated heterocycles. The highest BCUT2D eigenvalue weighted by Gasteiger charge is 2.23. The number of esters is 1. The maximum Gasteiger partial charge on any atom is 0.316 e. The van der Waals surface area contributed by atoms with Gasteiger partial charge in [0.05, 0.1) is 11.6 Å². The summed E-state index contributed by atoms with van der Waals surface area (Å²) in [5.74, 6) is 0.0173. The van der Waals surface area contributed by atoms with E-state index in [1.165, 1.54) is 12.3 Å². The van der Waals surface area contributed by atoms with Crippen molar-refractivity contribution in [2.24, 2.45) is 5.41 Å². The lowest BCUT2D eigenvalue weighted by molar-refractivity contribution is -0.143. The fraction of sp³-hybridized carbons (Fsp3) is 0.364. The molecule has 15 heavy (non-hydrogen) atoms. The van der Waals surface area contributed by atoms with E-state index in [0.29, 0.717) is 17.7 Å². The lowest BCUT2D eigenvalue weighted by atomic mass is 9.97.